The molecule has 138 valence electrons. The lowest BCUT2D eigenvalue weighted by atomic mass is 10.2. The van der Waals surface area contributed by atoms with E-state index in [4.69, 9.17) is 9.15 Å². The Kier molecular flexibility index (Phi) is 3.70. The molecule has 0 saturated carbocycles. The van der Waals surface area contributed by atoms with Gasteiger partial charge in [-0.1, -0.05) is 12.1 Å². The Morgan fingerprint density at radius 2 is 2.07 bits per heavy atom. The van der Waals surface area contributed by atoms with Crippen molar-refractivity contribution in [3.63, 3.8) is 0 Å². The van der Waals surface area contributed by atoms with Crippen molar-refractivity contribution in [1.29, 1.82) is 0 Å². The molecule has 0 aliphatic carbocycles. The van der Waals surface area contributed by atoms with E-state index in [9.17, 15) is 8.42 Å². The Morgan fingerprint density at radius 1 is 1.19 bits per heavy atom. The van der Waals surface area contributed by atoms with Crippen LogP contribution in [0.3, 0.4) is 0 Å². The SMILES string of the molecule is O=S1(=O)NC2CCCN2c2ccc(Oc3cccc(-c4cnco4)c3)cc21. The number of fused-ring (bicyclic) bond motifs is 3. The number of hydrogen-bond acceptors (Lipinski definition) is 6. The fraction of sp³-hybridized carbons (Fsp3) is 0.211. The van der Waals surface area contributed by atoms with E-state index in [0.29, 0.717) is 17.3 Å². The Balaban J connectivity index is 1.48. The summed E-state index contributed by atoms with van der Waals surface area (Å²) in [6.45, 7) is 0.847. The quantitative estimate of drug-likeness (QED) is 0.747. The molecule has 7 nitrogen and oxygen atoms in total. The minimum Gasteiger partial charge on any atom is -0.457 e. The van der Waals surface area contributed by atoms with Crippen LogP contribution in [0.1, 0.15) is 12.8 Å². The van der Waals surface area contributed by atoms with Crippen molar-refractivity contribution < 1.29 is 17.6 Å². The Hall–Kier alpha value is -2.84. The lowest BCUT2D eigenvalue weighted by molar-refractivity contribution is 0.478. The summed E-state index contributed by atoms with van der Waals surface area (Å²) >= 11 is 0. The third-order valence-electron chi connectivity index (χ3n) is 4.86. The fourth-order valence-electron chi connectivity index (χ4n) is 3.64. The average molecular weight is 383 g/mol. The van der Waals surface area contributed by atoms with Crippen LogP contribution in [0.15, 0.2) is 64.4 Å². The molecule has 1 saturated heterocycles. The summed E-state index contributed by atoms with van der Waals surface area (Å²) in [7, 11) is -3.55. The summed E-state index contributed by atoms with van der Waals surface area (Å²) in [5.74, 6) is 1.69. The maximum absolute atomic E-state index is 12.6. The molecule has 27 heavy (non-hydrogen) atoms. The second kappa shape index (κ2) is 6.11. The predicted molar refractivity (Wildman–Crippen MR) is 99.1 cm³/mol. The monoisotopic (exact) mass is 383 g/mol. The molecule has 3 aromatic rings. The van der Waals surface area contributed by atoms with Gasteiger partial charge in [0.25, 0.3) is 0 Å². The topological polar surface area (TPSA) is 84.7 Å². The van der Waals surface area contributed by atoms with Gasteiger partial charge in [-0.2, -0.15) is 4.72 Å². The number of hydrogen-bond donors (Lipinski definition) is 1. The molecule has 2 aliphatic heterocycles. The first-order valence-electron chi connectivity index (χ1n) is 8.70. The molecular weight excluding hydrogens is 366 g/mol. The molecule has 0 radical (unpaired) electrons. The van der Waals surface area contributed by atoms with Crippen LogP contribution in [-0.2, 0) is 10.0 Å². The third-order valence-corrected chi connectivity index (χ3v) is 6.35. The molecule has 1 unspecified atom stereocenters. The number of aromatic nitrogens is 1. The minimum absolute atomic E-state index is 0.146. The summed E-state index contributed by atoms with van der Waals surface area (Å²) in [4.78, 5) is 6.27. The normalized spacial score (nSPS) is 20.1. The number of nitrogens with one attached hydrogen (secondary N) is 1. The van der Waals surface area contributed by atoms with Gasteiger partial charge in [-0.15, -0.1) is 0 Å². The van der Waals surface area contributed by atoms with Crippen LogP contribution < -0.4 is 14.4 Å². The zero-order valence-corrected chi connectivity index (χ0v) is 15.1. The van der Waals surface area contributed by atoms with Crippen molar-refractivity contribution in [2.45, 2.75) is 23.9 Å². The first-order valence-corrected chi connectivity index (χ1v) is 10.2. The Bertz CT molecular complexity index is 1100. The zero-order chi connectivity index (χ0) is 18.4. The minimum atomic E-state index is -3.55. The van der Waals surface area contributed by atoms with Crippen LogP contribution in [0.5, 0.6) is 11.5 Å². The molecule has 2 aromatic carbocycles. The van der Waals surface area contributed by atoms with Crippen molar-refractivity contribution in [3.05, 3.63) is 55.1 Å². The summed E-state index contributed by atoms with van der Waals surface area (Å²) in [5.41, 5.74) is 1.57. The standard InChI is InChI=1S/C19H17N3O4S/c23-27(24)18-10-15(6-7-16(18)22-8-2-5-19(22)21-27)26-14-4-1-3-13(9-14)17-11-20-12-25-17/h1,3-4,6-7,9-12,19,21H,2,5,8H2. The van der Waals surface area contributed by atoms with Gasteiger partial charge in [0.2, 0.25) is 10.0 Å². The maximum atomic E-state index is 12.6. The van der Waals surface area contributed by atoms with Crippen molar-refractivity contribution in [3.8, 4) is 22.8 Å². The van der Waals surface area contributed by atoms with Crippen LogP contribution >= 0.6 is 0 Å². The van der Waals surface area contributed by atoms with Crippen LogP contribution in [0.4, 0.5) is 5.69 Å². The molecule has 2 aliphatic rings. The van der Waals surface area contributed by atoms with Crippen molar-refractivity contribution in [2.75, 3.05) is 11.4 Å². The van der Waals surface area contributed by atoms with Gasteiger partial charge in [0.05, 0.1) is 18.1 Å². The van der Waals surface area contributed by atoms with E-state index < -0.39 is 10.0 Å². The van der Waals surface area contributed by atoms with Gasteiger partial charge in [-0.25, -0.2) is 13.4 Å². The van der Waals surface area contributed by atoms with Gasteiger partial charge in [-0.05, 0) is 37.1 Å². The van der Waals surface area contributed by atoms with E-state index in [1.54, 1.807) is 18.3 Å². The molecule has 1 atom stereocenters. The van der Waals surface area contributed by atoms with Gasteiger partial charge in [0, 0.05) is 18.2 Å². The largest absolute Gasteiger partial charge is 0.457 e. The van der Waals surface area contributed by atoms with Crippen LogP contribution in [0.2, 0.25) is 0 Å². The van der Waals surface area contributed by atoms with Crippen LogP contribution in [0, 0.1) is 0 Å². The number of rotatable bonds is 3. The summed E-state index contributed by atoms with van der Waals surface area (Å²) < 4.78 is 39.2. The second-order valence-electron chi connectivity index (χ2n) is 6.60. The molecule has 1 N–H and O–H groups in total. The predicted octanol–water partition coefficient (Wildman–Crippen LogP) is 3.35. The number of anilines is 1. The molecule has 0 amide bonds. The summed E-state index contributed by atoms with van der Waals surface area (Å²) in [6.07, 6.45) is 4.65. The maximum Gasteiger partial charge on any atom is 0.244 e. The highest BCUT2D eigenvalue weighted by molar-refractivity contribution is 7.89. The Labute approximate surface area is 156 Å². The first kappa shape index (κ1) is 16.3. The summed E-state index contributed by atoms with van der Waals surface area (Å²) in [5, 5.41) is 0. The lowest BCUT2D eigenvalue weighted by Crippen LogP contribution is -2.48. The number of benzene rings is 2. The molecular formula is C19H17N3O4S. The van der Waals surface area contributed by atoms with Gasteiger partial charge in [-0.3, -0.25) is 0 Å². The average Bonchev–Trinajstić information content (AvgIpc) is 3.33. The zero-order valence-electron chi connectivity index (χ0n) is 14.3. The molecule has 8 heteroatoms. The molecule has 0 spiro atoms. The van der Waals surface area contributed by atoms with Gasteiger partial charge in [0.15, 0.2) is 12.2 Å². The number of oxazole rings is 1. The van der Waals surface area contributed by atoms with E-state index in [1.165, 1.54) is 6.39 Å². The van der Waals surface area contributed by atoms with Gasteiger partial charge < -0.3 is 14.1 Å². The highest BCUT2D eigenvalue weighted by atomic mass is 32.2. The second-order valence-corrected chi connectivity index (χ2v) is 8.28. The lowest BCUT2D eigenvalue weighted by Gasteiger charge is -2.33. The number of ether oxygens (including phenoxy) is 1. The van der Waals surface area contributed by atoms with Crippen molar-refractivity contribution in [1.82, 2.24) is 9.71 Å². The van der Waals surface area contributed by atoms with Crippen LogP contribution in [-0.4, -0.2) is 26.1 Å². The van der Waals surface area contributed by atoms with E-state index in [1.807, 2.05) is 30.3 Å². The fourth-order valence-corrected chi connectivity index (χ4v) is 5.10. The smallest absolute Gasteiger partial charge is 0.244 e. The highest BCUT2D eigenvalue weighted by Gasteiger charge is 2.37. The van der Waals surface area contributed by atoms with Gasteiger partial charge in [0.1, 0.15) is 16.4 Å². The van der Waals surface area contributed by atoms with E-state index in [0.717, 1.165) is 30.6 Å². The molecule has 1 aromatic heterocycles. The van der Waals surface area contributed by atoms with Crippen LogP contribution in [0.25, 0.3) is 11.3 Å². The molecule has 5 rings (SSSR count). The van der Waals surface area contributed by atoms with Crippen molar-refractivity contribution in [2.24, 2.45) is 0 Å². The summed E-state index contributed by atoms with van der Waals surface area (Å²) in [6, 6.07) is 12.6. The van der Waals surface area contributed by atoms with Gasteiger partial charge >= 0.3 is 0 Å². The number of sulfonamides is 1. The Morgan fingerprint density at radius 3 is 2.93 bits per heavy atom. The number of nitrogens with zero attached hydrogens (tertiary/aromatic N) is 2. The highest BCUT2D eigenvalue weighted by Crippen LogP contribution is 2.38. The van der Waals surface area contributed by atoms with E-state index in [2.05, 4.69) is 14.6 Å². The first-order chi connectivity index (χ1) is 13.1. The van der Waals surface area contributed by atoms with E-state index >= 15 is 0 Å². The van der Waals surface area contributed by atoms with E-state index in [-0.39, 0.29) is 11.1 Å². The molecule has 1 fully saturated rings. The molecule has 3 heterocycles. The molecule has 0 bridgehead atoms. The van der Waals surface area contributed by atoms with Crippen molar-refractivity contribution >= 4 is 15.7 Å². The third kappa shape index (κ3) is 2.87.